The molecule has 2 rings (SSSR count). The summed E-state index contributed by atoms with van der Waals surface area (Å²) in [6, 6.07) is 5.09. The molecule has 0 saturated heterocycles. The topological polar surface area (TPSA) is 29.1 Å². The van der Waals surface area contributed by atoms with Crippen molar-refractivity contribution < 1.29 is 9.18 Å². The molecule has 3 heteroatoms. The summed E-state index contributed by atoms with van der Waals surface area (Å²) < 4.78 is 13.2. The first-order valence-electron chi connectivity index (χ1n) is 6.19. The van der Waals surface area contributed by atoms with Crippen LogP contribution in [0.5, 0.6) is 0 Å². The van der Waals surface area contributed by atoms with Gasteiger partial charge in [-0.1, -0.05) is 6.07 Å². The molecular formula is C14H18FNO. The van der Waals surface area contributed by atoms with Gasteiger partial charge in [-0.3, -0.25) is 4.79 Å². The van der Waals surface area contributed by atoms with Gasteiger partial charge < -0.3 is 5.32 Å². The largest absolute Gasteiger partial charge is 0.356 e. The van der Waals surface area contributed by atoms with Crippen LogP contribution in [0.15, 0.2) is 18.2 Å². The molecule has 0 bridgehead atoms. The lowest BCUT2D eigenvalue weighted by molar-refractivity contribution is -0.118. The number of aryl methyl sites for hydroxylation is 1. The zero-order chi connectivity index (χ0) is 12.3. The highest BCUT2D eigenvalue weighted by atomic mass is 19.1. The van der Waals surface area contributed by atoms with Gasteiger partial charge in [-0.25, -0.2) is 4.39 Å². The van der Waals surface area contributed by atoms with Crippen LogP contribution in [-0.2, 0) is 11.2 Å². The van der Waals surface area contributed by atoms with Crippen LogP contribution in [0.3, 0.4) is 0 Å². The first kappa shape index (κ1) is 12.1. The number of halogens is 1. The Morgan fingerprint density at radius 2 is 2.35 bits per heavy atom. The maximum Gasteiger partial charge on any atom is 0.216 e. The van der Waals surface area contributed by atoms with Gasteiger partial charge in [0.25, 0.3) is 0 Å². The average Bonchev–Trinajstić information content (AvgIpc) is 2.29. The Bertz CT molecular complexity index is 417. The van der Waals surface area contributed by atoms with Gasteiger partial charge in [0.05, 0.1) is 0 Å². The van der Waals surface area contributed by atoms with E-state index in [-0.39, 0.29) is 11.7 Å². The SMILES string of the molecule is CC(=O)NCCC1CCCc2ccc(F)cc21. The fourth-order valence-corrected chi connectivity index (χ4v) is 2.59. The van der Waals surface area contributed by atoms with E-state index in [0.717, 1.165) is 31.2 Å². The van der Waals surface area contributed by atoms with Crippen LogP contribution in [0.1, 0.15) is 43.2 Å². The standard InChI is InChI=1S/C14H18FNO/c1-10(17)16-8-7-12-4-2-3-11-5-6-13(15)9-14(11)12/h5-6,9,12H,2-4,7-8H2,1H3,(H,16,17). The number of hydrogen-bond donors (Lipinski definition) is 1. The number of fused-ring (bicyclic) bond motifs is 1. The molecule has 0 aromatic heterocycles. The van der Waals surface area contributed by atoms with Crippen LogP contribution in [0, 0.1) is 5.82 Å². The van der Waals surface area contributed by atoms with Gasteiger partial charge in [-0.2, -0.15) is 0 Å². The summed E-state index contributed by atoms with van der Waals surface area (Å²) in [5.41, 5.74) is 2.41. The lowest BCUT2D eigenvalue weighted by atomic mass is 9.81. The highest BCUT2D eigenvalue weighted by molar-refractivity contribution is 5.72. The predicted molar refractivity (Wildman–Crippen MR) is 65.4 cm³/mol. The van der Waals surface area contributed by atoms with Gasteiger partial charge in [0.15, 0.2) is 0 Å². The molecule has 0 radical (unpaired) electrons. The number of hydrogen-bond acceptors (Lipinski definition) is 1. The van der Waals surface area contributed by atoms with Crippen LogP contribution >= 0.6 is 0 Å². The summed E-state index contributed by atoms with van der Waals surface area (Å²) in [5.74, 6) is 0.233. The van der Waals surface area contributed by atoms with E-state index in [0.29, 0.717) is 12.5 Å². The van der Waals surface area contributed by atoms with Gasteiger partial charge in [-0.05, 0) is 54.9 Å². The Morgan fingerprint density at radius 3 is 3.12 bits per heavy atom. The maximum atomic E-state index is 13.2. The molecule has 17 heavy (non-hydrogen) atoms. The molecule has 0 spiro atoms. The fourth-order valence-electron chi connectivity index (χ4n) is 2.59. The Balaban J connectivity index is 2.05. The lowest BCUT2D eigenvalue weighted by Crippen LogP contribution is -2.23. The minimum absolute atomic E-state index is 0.000255. The number of benzene rings is 1. The van der Waals surface area contributed by atoms with Crippen LogP contribution in [0.2, 0.25) is 0 Å². The van der Waals surface area contributed by atoms with E-state index in [1.165, 1.54) is 18.6 Å². The molecular weight excluding hydrogens is 217 g/mol. The summed E-state index contributed by atoms with van der Waals surface area (Å²) in [5, 5.41) is 2.81. The number of amides is 1. The zero-order valence-corrected chi connectivity index (χ0v) is 10.1. The number of carbonyl (C=O) groups is 1. The molecule has 1 amide bonds. The summed E-state index contributed by atoms with van der Waals surface area (Å²) in [4.78, 5) is 10.8. The van der Waals surface area contributed by atoms with Crippen LogP contribution in [0.4, 0.5) is 4.39 Å². The highest BCUT2D eigenvalue weighted by Gasteiger charge is 2.20. The molecule has 0 fully saturated rings. The molecule has 1 aromatic rings. The van der Waals surface area contributed by atoms with Crippen molar-refractivity contribution in [2.45, 2.75) is 38.5 Å². The smallest absolute Gasteiger partial charge is 0.216 e. The van der Waals surface area contributed by atoms with Crippen molar-refractivity contribution in [2.24, 2.45) is 0 Å². The monoisotopic (exact) mass is 235 g/mol. The first-order valence-corrected chi connectivity index (χ1v) is 6.19. The second-order valence-corrected chi connectivity index (χ2v) is 4.70. The molecule has 0 saturated carbocycles. The van der Waals surface area contributed by atoms with E-state index < -0.39 is 0 Å². The Labute approximate surface area is 101 Å². The highest BCUT2D eigenvalue weighted by Crippen LogP contribution is 2.34. The summed E-state index contributed by atoms with van der Waals surface area (Å²) in [6.45, 7) is 2.20. The zero-order valence-electron chi connectivity index (χ0n) is 10.1. The first-order chi connectivity index (χ1) is 8.16. The van der Waals surface area contributed by atoms with Crippen molar-refractivity contribution in [3.8, 4) is 0 Å². The van der Waals surface area contributed by atoms with E-state index in [1.54, 1.807) is 6.07 Å². The molecule has 1 unspecified atom stereocenters. The molecule has 1 aliphatic carbocycles. The third-order valence-corrected chi connectivity index (χ3v) is 3.41. The van der Waals surface area contributed by atoms with E-state index in [9.17, 15) is 9.18 Å². The van der Waals surface area contributed by atoms with E-state index in [2.05, 4.69) is 5.32 Å². The second-order valence-electron chi connectivity index (χ2n) is 4.70. The van der Waals surface area contributed by atoms with Crippen LogP contribution in [0.25, 0.3) is 0 Å². The predicted octanol–water partition coefficient (Wildman–Crippen LogP) is 2.77. The molecule has 0 aliphatic heterocycles. The quantitative estimate of drug-likeness (QED) is 0.857. The summed E-state index contributed by atoms with van der Waals surface area (Å²) in [6.07, 6.45) is 4.20. The van der Waals surface area contributed by atoms with Crippen molar-refractivity contribution in [3.63, 3.8) is 0 Å². The lowest BCUT2D eigenvalue weighted by Gasteiger charge is -2.25. The second kappa shape index (κ2) is 5.30. The van der Waals surface area contributed by atoms with Gasteiger partial charge in [0.2, 0.25) is 5.91 Å². The molecule has 1 atom stereocenters. The molecule has 1 N–H and O–H groups in total. The number of rotatable bonds is 3. The Morgan fingerprint density at radius 1 is 1.53 bits per heavy atom. The molecule has 1 aliphatic rings. The van der Waals surface area contributed by atoms with Gasteiger partial charge in [0.1, 0.15) is 5.82 Å². The number of nitrogens with one attached hydrogen (secondary N) is 1. The van der Waals surface area contributed by atoms with Crippen molar-refractivity contribution in [1.29, 1.82) is 0 Å². The van der Waals surface area contributed by atoms with Crippen molar-refractivity contribution in [2.75, 3.05) is 6.54 Å². The van der Waals surface area contributed by atoms with Crippen LogP contribution < -0.4 is 5.32 Å². The minimum atomic E-state index is -0.157. The van der Waals surface area contributed by atoms with Crippen molar-refractivity contribution in [1.82, 2.24) is 5.32 Å². The molecule has 1 aromatic carbocycles. The van der Waals surface area contributed by atoms with E-state index >= 15 is 0 Å². The normalized spacial score (nSPS) is 18.6. The number of carbonyl (C=O) groups excluding carboxylic acids is 1. The maximum absolute atomic E-state index is 13.2. The molecule has 92 valence electrons. The van der Waals surface area contributed by atoms with Gasteiger partial charge in [0, 0.05) is 13.5 Å². The van der Waals surface area contributed by atoms with E-state index in [1.807, 2.05) is 6.07 Å². The summed E-state index contributed by atoms with van der Waals surface area (Å²) >= 11 is 0. The van der Waals surface area contributed by atoms with E-state index in [4.69, 9.17) is 0 Å². The third kappa shape index (κ3) is 3.05. The average molecular weight is 235 g/mol. The molecule has 0 heterocycles. The van der Waals surface area contributed by atoms with Crippen LogP contribution in [-0.4, -0.2) is 12.5 Å². The van der Waals surface area contributed by atoms with Crippen molar-refractivity contribution in [3.05, 3.63) is 35.1 Å². The molecule has 2 nitrogen and oxygen atoms in total. The third-order valence-electron chi connectivity index (χ3n) is 3.41. The van der Waals surface area contributed by atoms with Gasteiger partial charge >= 0.3 is 0 Å². The van der Waals surface area contributed by atoms with Crippen molar-refractivity contribution >= 4 is 5.91 Å². The minimum Gasteiger partial charge on any atom is -0.356 e. The summed E-state index contributed by atoms with van der Waals surface area (Å²) in [7, 11) is 0. The van der Waals surface area contributed by atoms with Gasteiger partial charge in [-0.15, -0.1) is 0 Å². The fraction of sp³-hybridized carbons (Fsp3) is 0.500. The Kier molecular flexibility index (Phi) is 3.77. The Hall–Kier alpha value is -1.38.